The van der Waals surface area contributed by atoms with Gasteiger partial charge in [0.05, 0.1) is 0 Å². The number of amides is 1. The molecule has 1 unspecified atom stereocenters. The van der Waals surface area contributed by atoms with Crippen LogP contribution in [0, 0.1) is 0 Å². The molecule has 0 aromatic heterocycles. The average Bonchev–Trinajstić information content (AvgIpc) is 2.99. The molecule has 0 saturated heterocycles. The monoisotopic (exact) mass is 292 g/mol. The third-order valence-electron chi connectivity index (χ3n) is 3.95. The number of hydrogen-bond donors (Lipinski definition) is 2. The first-order chi connectivity index (χ1) is 9.33. The van der Waals surface area contributed by atoms with Crippen LogP contribution in [-0.2, 0) is 24.2 Å². The van der Waals surface area contributed by atoms with E-state index in [1.165, 1.54) is 42.4 Å². The van der Waals surface area contributed by atoms with Crippen LogP contribution in [0.4, 0.5) is 0 Å². The summed E-state index contributed by atoms with van der Waals surface area (Å²) in [6, 6.07) is 6.47. The smallest absolute Gasteiger partial charge is 0.241 e. The summed E-state index contributed by atoms with van der Waals surface area (Å²) in [5.41, 5.74) is 4.16. The van der Waals surface area contributed by atoms with E-state index in [4.69, 9.17) is 0 Å². The second-order valence-corrected chi connectivity index (χ2v) is 5.34. The summed E-state index contributed by atoms with van der Waals surface area (Å²) in [5.74, 6) is 0.0615. The highest BCUT2D eigenvalue weighted by molar-refractivity contribution is 5.85. The molecule has 0 bridgehead atoms. The molecule has 2 N–H and O–H groups in total. The fourth-order valence-electron chi connectivity index (χ4n) is 2.84. The maximum atomic E-state index is 11.9. The molecule has 1 aliphatic heterocycles. The van der Waals surface area contributed by atoms with Crippen LogP contribution in [0.3, 0.4) is 0 Å². The van der Waals surface area contributed by atoms with Gasteiger partial charge in [-0.1, -0.05) is 30.4 Å². The van der Waals surface area contributed by atoms with E-state index in [-0.39, 0.29) is 24.4 Å². The highest BCUT2D eigenvalue weighted by atomic mass is 35.5. The van der Waals surface area contributed by atoms with Crippen LogP contribution >= 0.6 is 12.4 Å². The number of carbonyl (C=O) groups excluding carboxylic acids is 1. The molecule has 0 fully saturated rings. The fourth-order valence-corrected chi connectivity index (χ4v) is 2.84. The number of hydrogen-bond acceptors (Lipinski definition) is 2. The van der Waals surface area contributed by atoms with Gasteiger partial charge in [-0.2, -0.15) is 0 Å². The Morgan fingerprint density at radius 3 is 2.80 bits per heavy atom. The van der Waals surface area contributed by atoms with E-state index in [1.54, 1.807) is 0 Å². The molecule has 1 heterocycles. The minimum atomic E-state index is -0.155. The van der Waals surface area contributed by atoms with E-state index in [2.05, 4.69) is 28.8 Å². The normalized spacial score (nSPS) is 20.1. The predicted molar refractivity (Wildman–Crippen MR) is 83.1 cm³/mol. The van der Waals surface area contributed by atoms with E-state index in [9.17, 15) is 4.79 Å². The molecular formula is C16H21ClN2O. The SMILES string of the molecule is Cl.O=C(NCc1ccc2c(c1)CCCC2)C1C=CCN1. The van der Waals surface area contributed by atoms with Gasteiger partial charge in [-0.25, -0.2) is 0 Å². The van der Waals surface area contributed by atoms with Crippen LogP contribution in [0.2, 0.25) is 0 Å². The first-order valence-corrected chi connectivity index (χ1v) is 7.11. The van der Waals surface area contributed by atoms with Crippen molar-refractivity contribution in [3.05, 3.63) is 47.0 Å². The Morgan fingerprint density at radius 2 is 2.05 bits per heavy atom. The number of nitrogens with one attached hydrogen (secondary N) is 2. The standard InChI is InChI=1S/C16H20N2O.ClH/c19-16(15-6-3-9-17-15)18-11-12-7-8-13-4-1-2-5-14(13)10-12;/h3,6-8,10,15,17H,1-2,4-5,9,11H2,(H,18,19);1H. The van der Waals surface area contributed by atoms with Crippen LogP contribution < -0.4 is 10.6 Å². The van der Waals surface area contributed by atoms with Gasteiger partial charge in [0.2, 0.25) is 5.91 Å². The van der Waals surface area contributed by atoms with E-state index in [0.717, 1.165) is 6.54 Å². The quantitative estimate of drug-likeness (QED) is 0.838. The summed E-state index contributed by atoms with van der Waals surface area (Å²) in [4.78, 5) is 11.9. The first-order valence-electron chi connectivity index (χ1n) is 7.11. The summed E-state index contributed by atoms with van der Waals surface area (Å²) in [6.45, 7) is 1.41. The van der Waals surface area contributed by atoms with Crippen LogP contribution in [0.25, 0.3) is 0 Å². The van der Waals surface area contributed by atoms with Gasteiger partial charge in [0.25, 0.3) is 0 Å². The number of rotatable bonds is 3. The van der Waals surface area contributed by atoms with E-state index < -0.39 is 0 Å². The lowest BCUT2D eigenvalue weighted by molar-refractivity contribution is -0.122. The van der Waals surface area contributed by atoms with Gasteiger partial charge < -0.3 is 5.32 Å². The number of halogens is 1. The molecule has 108 valence electrons. The van der Waals surface area contributed by atoms with E-state index in [1.807, 2.05) is 12.2 Å². The second kappa shape index (κ2) is 6.91. The van der Waals surface area contributed by atoms with Crippen LogP contribution in [0.1, 0.15) is 29.5 Å². The zero-order chi connectivity index (χ0) is 13.1. The minimum absolute atomic E-state index is 0. The van der Waals surface area contributed by atoms with Gasteiger partial charge in [-0.05, 0) is 42.4 Å². The molecule has 0 saturated carbocycles. The third-order valence-corrected chi connectivity index (χ3v) is 3.95. The Hall–Kier alpha value is -1.32. The summed E-state index contributed by atoms with van der Waals surface area (Å²) in [6.07, 6.45) is 8.90. The number of benzene rings is 1. The zero-order valence-corrected chi connectivity index (χ0v) is 12.3. The van der Waals surface area contributed by atoms with E-state index in [0.29, 0.717) is 6.54 Å². The highest BCUT2D eigenvalue weighted by Gasteiger charge is 2.17. The lowest BCUT2D eigenvalue weighted by Gasteiger charge is -2.17. The molecule has 0 spiro atoms. The molecule has 1 atom stereocenters. The lowest BCUT2D eigenvalue weighted by atomic mass is 9.90. The van der Waals surface area contributed by atoms with Crippen molar-refractivity contribution in [1.29, 1.82) is 0 Å². The zero-order valence-electron chi connectivity index (χ0n) is 11.5. The van der Waals surface area contributed by atoms with Gasteiger partial charge in [-0.15, -0.1) is 12.4 Å². The molecule has 1 amide bonds. The molecule has 0 radical (unpaired) electrons. The molecule has 1 aromatic rings. The Balaban J connectivity index is 0.00000147. The van der Waals surface area contributed by atoms with Crippen molar-refractivity contribution in [3.8, 4) is 0 Å². The number of carbonyl (C=O) groups is 1. The van der Waals surface area contributed by atoms with Crippen LogP contribution in [0.5, 0.6) is 0 Å². The topological polar surface area (TPSA) is 41.1 Å². The van der Waals surface area contributed by atoms with Crippen molar-refractivity contribution in [2.75, 3.05) is 6.54 Å². The Labute approximate surface area is 126 Å². The van der Waals surface area contributed by atoms with Crippen molar-refractivity contribution in [3.63, 3.8) is 0 Å². The molecule has 20 heavy (non-hydrogen) atoms. The summed E-state index contributed by atoms with van der Waals surface area (Å²) in [7, 11) is 0. The summed E-state index contributed by atoms with van der Waals surface area (Å²) < 4.78 is 0. The Kier molecular flexibility index (Phi) is 5.21. The van der Waals surface area contributed by atoms with Gasteiger partial charge in [0.1, 0.15) is 6.04 Å². The van der Waals surface area contributed by atoms with Crippen molar-refractivity contribution in [1.82, 2.24) is 10.6 Å². The fraction of sp³-hybridized carbons (Fsp3) is 0.438. The van der Waals surface area contributed by atoms with Gasteiger partial charge >= 0.3 is 0 Å². The van der Waals surface area contributed by atoms with Crippen molar-refractivity contribution in [2.24, 2.45) is 0 Å². The molecule has 3 rings (SSSR count). The molecule has 2 aliphatic rings. The third kappa shape index (κ3) is 3.41. The second-order valence-electron chi connectivity index (χ2n) is 5.34. The van der Waals surface area contributed by atoms with Gasteiger partial charge in [0.15, 0.2) is 0 Å². The van der Waals surface area contributed by atoms with Gasteiger partial charge in [-0.3, -0.25) is 10.1 Å². The average molecular weight is 293 g/mol. The summed E-state index contributed by atoms with van der Waals surface area (Å²) >= 11 is 0. The molecule has 3 nitrogen and oxygen atoms in total. The van der Waals surface area contributed by atoms with Crippen molar-refractivity contribution < 1.29 is 4.79 Å². The van der Waals surface area contributed by atoms with Gasteiger partial charge in [0, 0.05) is 13.1 Å². The van der Waals surface area contributed by atoms with E-state index >= 15 is 0 Å². The molecular weight excluding hydrogens is 272 g/mol. The maximum absolute atomic E-state index is 11.9. The van der Waals surface area contributed by atoms with Crippen LogP contribution in [-0.4, -0.2) is 18.5 Å². The Morgan fingerprint density at radius 1 is 1.25 bits per heavy atom. The first kappa shape index (κ1) is 15.1. The number of fused-ring (bicyclic) bond motifs is 1. The molecule has 1 aliphatic carbocycles. The molecule has 1 aromatic carbocycles. The van der Waals surface area contributed by atoms with Crippen molar-refractivity contribution in [2.45, 2.75) is 38.3 Å². The van der Waals surface area contributed by atoms with Crippen molar-refractivity contribution >= 4 is 18.3 Å². The maximum Gasteiger partial charge on any atom is 0.241 e. The predicted octanol–water partition coefficient (Wildman–Crippen LogP) is 2.13. The summed E-state index contributed by atoms with van der Waals surface area (Å²) in [5, 5.41) is 6.11. The lowest BCUT2D eigenvalue weighted by Crippen LogP contribution is -2.40. The largest absolute Gasteiger partial charge is 0.350 e. The van der Waals surface area contributed by atoms with Crippen LogP contribution in [0.15, 0.2) is 30.4 Å². The molecule has 4 heteroatoms. The minimum Gasteiger partial charge on any atom is -0.350 e. The highest BCUT2D eigenvalue weighted by Crippen LogP contribution is 2.22. The number of aryl methyl sites for hydroxylation is 2. The Bertz CT molecular complexity index is 513.